The molecule has 112 heavy (non-hydrogen) atoms. The fourth-order valence-corrected chi connectivity index (χ4v) is 11.2. The number of rotatable bonds is 33. The third-order valence-corrected chi connectivity index (χ3v) is 17.0. The minimum Gasteiger partial charge on any atom is -0.508 e. The van der Waals surface area contributed by atoms with Crippen molar-refractivity contribution in [1.82, 2.24) is 0 Å². The first-order valence-electron chi connectivity index (χ1n) is 36.2. The van der Waals surface area contributed by atoms with E-state index in [1.165, 1.54) is 109 Å². The number of hydrogen-bond donors (Lipinski definition) is 5. The van der Waals surface area contributed by atoms with Crippen LogP contribution in [0.3, 0.4) is 0 Å². The summed E-state index contributed by atoms with van der Waals surface area (Å²) in [5.41, 5.74) is 3.83. The molecule has 0 bridgehead atoms. The Morgan fingerprint density at radius 2 is 0.536 bits per heavy atom. The molecule has 0 unspecified atom stereocenters. The molecule has 0 atom stereocenters. The van der Waals surface area contributed by atoms with Gasteiger partial charge in [-0.25, -0.2) is 26.3 Å². The molecule has 5 N–H and O–H groups in total. The Kier molecular flexibility index (Phi) is 41.5. The van der Waals surface area contributed by atoms with Gasteiger partial charge in [0.25, 0.3) is 0 Å². The van der Waals surface area contributed by atoms with Gasteiger partial charge in [0.1, 0.15) is 63.7 Å². The highest BCUT2D eigenvalue weighted by molar-refractivity contribution is 5.87. The maximum Gasteiger partial charge on any atom is 0.311 e. The van der Waals surface area contributed by atoms with Crippen molar-refractivity contribution >= 4 is 57.4 Å². The van der Waals surface area contributed by atoms with Crippen molar-refractivity contribution in [1.29, 1.82) is 10.5 Å². The number of hydrogen-bond acceptors (Lipinski definition) is 13. The lowest BCUT2D eigenvalue weighted by Gasteiger charge is -2.08. The van der Waals surface area contributed by atoms with Gasteiger partial charge in [-0.05, 0) is 198 Å². The van der Waals surface area contributed by atoms with Gasteiger partial charge in [0.15, 0.2) is 0 Å². The average molecular weight is 1540 g/mol. The predicted octanol–water partition coefficient (Wildman–Crippen LogP) is 23.3. The van der Waals surface area contributed by atoms with E-state index in [1.807, 2.05) is 18.2 Å². The topological polar surface area (TPSA) is 279 Å². The molecule has 0 radical (unpaired) electrons. The third-order valence-electron chi connectivity index (χ3n) is 17.0. The number of carbonyl (C=O) groups excluding carboxylic acids is 3. The monoisotopic (exact) mass is 1540 g/mol. The average Bonchev–Trinajstić information content (AvgIpc) is 0.852. The van der Waals surface area contributed by atoms with Crippen molar-refractivity contribution in [3.63, 3.8) is 0 Å². The maximum atomic E-state index is 14.5. The molecule has 0 saturated heterocycles. The molecule has 10 aromatic carbocycles. The summed E-state index contributed by atoms with van der Waals surface area (Å²) in [5.74, 6) is -5.26. The van der Waals surface area contributed by atoms with Crippen molar-refractivity contribution in [3.8, 4) is 74.3 Å². The second-order valence-corrected chi connectivity index (χ2v) is 25.6. The smallest absolute Gasteiger partial charge is 0.311 e. The summed E-state index contributed by atoms with van der Waals surface area (Å²) in [6.07, 6.45) is 16.8. The highest BCUT2D eigenvalue weighted by Crippen LogP contribution is 2.31. The largest absolute Gasteiger partial charge is 0.508 e. The first-order chi connectivity index (χ1) is 52.9. The first kappa shape index (κ1) is 92.1. The van der Waals surface area contributed by atoms with Crippen LogP contribution in [0.15, 0.2) is 200 Å². The molecule has 10 rings (SSSR count). The van der Waals surface area contributed by atoms with E-state index in [1.54, 1.807) is 54.6 Å². The highest BCUT2D eigenvalue weighted by Gasteiger charge is 2.15. The molecule has 16 nitrogen and oxygen atoms in total. The lowest BCUT2D eigenvalue weighted by atomic mass is 10.1. The fourth-order valence-electron chi connectivity index (χ4n) is 11.2. The second kappa shape index (κ2) is 50.4. The van der Waals surface area contributed by atoms with Crippen LogP contribution in [0.1, 0.15) is 180 Å². The van der Waals surface area contributed by atoms with Gasteiger partial charge >= 0.3 is 35.8 Å². The molecule has 0 aromatic heterocycles. The number of nitriles is 2. The molecule has 0 aliphatic carbocycles. The zero-order valence-electron chi connectivity index (χ0n) is 60.6. The van der Waals surface area contributed by atoms with Gasteiger partial charge in [0.05, 0.1) is 23.3 Å². The zero-order valence-corrected chi connectivity index (χ0v) is 60.6. The van der Waals surface area contributed by atoms with Crippen molar-refractivity contribution in [3.05, 3.63) is 246 Å². The minimum atomic E-state index is -0.773. The molecule has 0 fully saturated rings. The van der Waals surface area contributed by atoms with Crippen LogP contribution in [0.2, 0.25) is 0 Å². The number of carboxylic acid groups (broad SMARTS) is 3. The third kappa shape index (κ3) is 34.9. The van der Waals surface area contributed by atoms with Crippen LogP contribution in [0.5, 0.6) is 28.7 Å². The number of carbonyl (C=O) groups is 6. The van der Waals surface area contributed by atoms with Crippen molar-refractivity contribution in [2.75, 3.05) is 0 Å². The summed E-state index contributed by atoms with van der Waals surface area (Å²) in [6.45, 7) is 0. The summed E-state index contributed by atoms with van der Waals surface area (Å²) in [6, 6.07) is 54.1. The molecule has 10 aromatic rings. The van der Waals surface area contributed by atoms with E-state index in [4.69, 9.17) is 45.2 Å². The lowest BCUT2D eigenvalue weighted by molar-refractivity contribution is -0.138. The number of aliphatic carboxylic acids is 3. The summed E-state index contributed by atoms with van der Waals surface area (Å²) >= 11 is 0. The van der Waals surface area contributed by atoms with Crippen LogP contribution in [0, 0.1) is 57.6 Å². The van der Waals surface area contributed by atoms with E-state index in [9.17, 15) is 60.2 Å². The van der Waals surface area contributed by atoms with E-state index in [0.717, 1.165) is 136 Å². The highest BCUT2D eigenvalue weighted by atomic mass is 19.1. The fraction of sp³-hybridized carbons (Fsp3) is 0.289. The normalized spacial score (nSPS) is 10.2. The Labute approximate surface area is 649 Å². The first-order valence-corrected chi connectivity index (χ1v) is 36.2. The van der Waals surface area contributed by atoms with E-state index >= 15 is 0 Å². The number of esters is 3. The maximum absolute atomic E-state index is 14.5. The van der Waals surface area contributed by atoms with Crippen molar-refractivity contribution in [2.45, 2.75) is 169 Å². The van der Waals surface area contributed by atoms with Crippen LogP contribution in [0.25, 0.3) is 54.9 Å². The molecule has 0 heterocycles. The van der Waals surface area contributed by atoms with Gasteiger partial charge in [-0.1, -0.05) is 153 Å². The number of aromatic hydroxyl groups is 2. The summed E-state index contributed by atoms with van der Waals surface area (Å²) in [7, 11) is 0. The van der Waals surface area contributed by atoms with Gasteiger partial charge < -0.3 is 39.7 Å². The number of halogens is 6. The zero-order chi connectivity index (χ0) is 79.6. The van der Waals surface area contributed by atoms with E-state index < -0.39 is 58.9 Å². The van der Waals surface area contributed by atoms with E-state index in [0.29, 0.717) is 75.9 Å². The quantitative estimate of drug-likeness (QED) is 0.0111. The van der Waals surface area contributed by atoms with E-state index in [2.05, 4.69) is 12.1 Å². The molecule has 0 aliphatic rings. The minimum absolute atomic E-state index is 0. The van der Waals surface area contributed by atoms with Gasteiger partial charge in [-0.3, -0.25) is 28.8 Å². The number of benzene rings is 10. The second-order valence-electron chi connectivity index (χ2n) is 25.6. The summed E-state index contributed by atoms with van der Waals surface area (Å²) in [4.78, 5) is 66.9. The van der Waals surface area contributed by atoms with Crippen LogP contribution < -0.4 is 14.2 Å². The van der Waals surface area contributed by atoms with Gasteiger partial charge in [-0.2, -0.15) is 10.5 Å². The number of phenols is 2. The van der Waals surface area contributed by atoms with Gasteiger partial charge in [0.2, 0.25) is 0 Å². The number of fused-ring (bicyclic) bond motifs is 2. The van der Waals surface area contributed by atoms with Crippen LogP contribution in [-0.4, -0.2) is 61.3 Å². The molecule has 590 valence electrons. The Bertz CT molecular complexity index is 4720. The van der Waals surface area contributed by atoms with Crippen LogP contribution in [-0.2, 0) is 28.8 Å². The van der Waals surface area contributed by atoms with Crippen molar-refractivity contribution < 1.29 is 94.9 Å². The SMILES string of the molecule is C.C.N#Cc1ccc2cc(O)ccc2c1.N#Cc1ccc2cc(OC(=O)CCCCCCCCC(=O)Oc3ccc(-c4ccc(F)cc4)c(F)c3)ccc2c1.O=C(O)CCCCCCCCC(=O)O.O=C(O)CCCCCCCCC(=O)Oc1ccc(-c2ccc(F)cc2)c(F)c1.Oc1ccc(-c2ccc(F)cc2)c(F)c1. The molecular formula is C90H94F6N2O14. The van der Waals surface area contributed by atoms with Crippen LogP contribution >= 0.6 is 0 Å². The standard InChI is InChI=1S/C33H29F2NO4.C22H24F2O4.C12H8F2O.C11H7NO.C10H18O4.2CH4/c34-27-14-11-24(12-15-27)30-18-17-29(21-31(30)35)40-33(38)8-6-4-2-1-3-5-7-32(37)39-28-16-13-25-19-23(22-36)9-10-26(25)20-28;23-17-11-9-16(10-12-17)19-14-13-18(15-20(19)24)28-22(27)8-6-4-2-1-3-5-7-21(25)26;13-9-3-1-8(2-4-9)11-6-5-10(15)7-12(11)14;12-7-8-1-2-10-6-11(13)4-3-9(10)5-8;11-9(12)7-5-3-1-2-4-6-8-10(13)14;;/h9-21H,1-8H2;9-15H,1-8H2,(H,25,26);1-7,15H;1-6,13H;1-8H2,(H,11,12)(H,13,14);2*1H4. The van der Waals surface area contributed by atoms with E-state index in [-0.39, 0.29) is 81.7 Å². The van der Waals surface area contributed by atoms with Crippen molar-refractivity contribution in [2.24, 2.45) is 0 Å². The number of unbranched alkanes of at least 4 members (excludes halogenated alkanes) is 15. The molecule has 0 saturated carbocycles. The number of phenolic OH excluding ortho intramolecular Hbond substituents is 2. The molecule has 0 amide bonds. The molecule has 0 spiro atoms. The Morgan fingerprint density at radius 3 is 0.857 bits per heavy atom. The Balaban J connectivity index is 0.000000318. The Hall–Kier alpha value is -12.3. The number of nitrogens with zero attached hydrogens (tertiary/aromatic N) is 2. The summed E-state index contributed by atoms with van der Waals surface area (Å²) in [5, 5.41) is 64.8. The number of carboxylic acids is 3. The molecule has 22 heteroatoms. The number of ether oxygens (including phenoxy) is 3. The summed E-state index contributed by atoms with van der Waals surface area (Å²) < 4.78 is 96.7. The Morgan fingerprint density at radius 1 is 0.286 bits per heavy atom. The predicted molar refractivity (Wildman–Crippen MR) is 420 cm³/mol. The van der Waals surface area contributed by atoms with Crippen LogP contribution in [0.4, 0.5) is 26.3 Å². The molecule has 0 aliphatic heterocycles. The van der Waals surface area contributed by atoms with Gasteiger partial charge in [0, 0.05) is 73.4 Å². The lowest BCUT2D eigenvalue weighted by Crippen LogP contribution is -2.08. The van der Waals surface area contributed by atoms with Gasteiger partial charge in [-0.15, -0.1) is 0 Å². The molecular weight excluding hydrogens is 1450 g/mol.